The third kappa shape index (κ3) is 10.4. The van der Waals surface area contributed by atoms with Gasteiger partial charge in [0.1, 0.15) is 28.2 Å². The number of carbonyl (C=O) groups excluding carboxylic acids is 5. The van der Waals surface area contributed by atoms with E-state index in [1.165, 1.54) is 27.2 Å². The van der Waals surface area contributed by atoms with Crippen LogP contribution in [0, 0.1) is 0 Å². The molecule has 0 radical (unpaired) electrons. The van der Waals surface area contributed by atoms with Gasteiger partial charge >= 0.3 is 29.8 Å². The molecular formula is C43H48O16. The van der Waals surface area contributed by atoms with Gasteiger partial charge in [0.15, 0.2) is 47.6 Å². The molecule has 3 aromatic rings. The SMILES string of the molecule is C=C(C)Cc1c(-c2cc(=O)c3c(O)c(CC(=C)C)c(OC(C)=O)c(CC(=C)C)c3o2)ccc(OC)c1OC(=O)[C@H]1O[C@@H](OC)[C@H](OC(C)=O)[C@@H](OC(C)=O)[C@@H]1OC(C)=O. The van der Waals surface area contributed by atoms with Crippen LogP contribution < -0.4 is 19.6 Å². The van der Waals surface area contributed by atoms with Gasteiger partial charge in [0.25, 0.3) is 0 Å². The summed E-state index contributed by atoms with van der Waals surface area (Å²) in [5, 5.41) is 11.4. The first kappa shape index (κ1) is 45.4. The number of methoxy groups -OCH3 is 2. The Morgan fingerprint density at radius 3 is 1.76 bits per heavy atom. The molecule has 59 heavy (non-hydrogen) atoms. The van der Waals surface area contributed by atoms with Crippen molar-refractivity contribution in [2.45, 2.75) is 98.4 Å². The van der Waals surface area contributed by atoms with Crippen LogP contribution in [0.3, 0.4) is 0 Å². The summed E-state index contributed by atoms with van der Waals surface area (Å²) in [4.78, 5) is 77.5. The Hall–Kier alpha value is -6.26. The minimum atomic E-state index is -1.84. The van der Waals surface area contributed by atoms with Crippen molar-refractivity contribution in [3.8, 4) is 34.3 Å². The summed E-state index contributed by atoms with van der Waals surface area (Å²) in [6.45, 7) is 21.5. The lowest BCUT2D eigenvalue weighted by molar-refractivity contribution is -0.295. The Kier molecular flexibility index (Phi) is 14.6. The number of benzene rings is 2. The highest BCUT2D eigenvalue weighted by Crippen LogP contribution is 2.45. The second-order valence-electron chi connectivity index (χ2n) is 14.2. The molecule has 316 valence electrons. The van der Waals surface area contributed by atoms with Gasteiger partial charge < -0.3 is 47.4 Å². The van der Waals surface area contributed by atoms with Crippen LogP contribution in [0.4, 0.5) is 0 Å². The topological polar surface area (TPSA) is 210 Å². The van der Waals surface area contributed by atoms with Crippen molar-refractivity contribution in [3.63, 3.8) is 0 Å². The van der Waals surface area contributed by atoms with E-state index in [1.54, 1.807) is 26.8 Å². The molecule has 2 heterocycles. The van der Waals surface area contributed by atoms with Crippen molar-refractivity contribution in [1.82, 2.24) is 0 Å². The van der Waals surface area contributed by atoms with Crippen LogP contribution in [0.1, 0.15) is 65.2 Å². The van der Waals surface area contributed by atoms with Crippen LogP contribution in [0.25, 0.3) is 22.3 Å². The first-order valence-electron chi connectivity index (χ1n) is 18.3. The van der Waals surface area contributed by atoms with Crippen molar-refractivity contribution in [1.29, 1.82) is 0 Å². The van der Waals surface area contributed by atoms with Gasteiger partial charge in [0.05, 0.1) is 7.11 Å². The highest BCUT2D eigenvalue weighted by Gasteiger charge is 2.55. The maximum atomic E-state index is 14.3. The molecule has 0 saturated carbocycles. The van der Waals surface area contributed by atoms with Gasteiger partial charge in [-0.3, -0.25) is 24.0 Å². The van der Waals surface area contributed by atoms with Crippen LogP contribution >= 0.6 is 0 Å². The zero-order valence-corrected chi connectivity index (χ0v) is 34.4. The number of esters is 5. The molecule has 1 fully saturated rings. The van der Waals surface area contributed by atoms with E-state index in [4.69, 9.17) is 42.3 Å². The molecule has 16 nitrogen and oxygen atoms in total. The molecule has 2 aromatic carbocycles. The number of carbonyl (C=O) groups is 5. The standard InChI is InChI=1S/C43H48O16/c1-19(2)15-27-26(32-18-30(48)33-34(49)28(16-20(3)4)35(53-22(7)44)29(17-21(5)6)37(33)57-32)13-14-31(51-11)36(27)58-42(50)40-38(54-23(8)45)39(55-24(9)46)41(56-25(10)47)43(52-12)59-40/h13-14,18,38-41,43,49H,1,3,5,15-17H2,2,4,6-12H3/t38-,39-,40-,41+,43+/m0/s1. The minimum Gasteiger partial charge on any atom is -0.507 e. The normalized spacial score (nSPS) is 18.6. The fourth-order valence-electron chi connectivity index (χ4n) is 6.70. The lowest BCUT2D eigenvalue weighted by Crippen LogP contribution is -2.64. The molecule has 0 bridgehead atoms. The summed E-state index contributed by atoms with van der Waals surface area (Å²) in [5.41, 5.74) is 1.94. The van der Waals surface area contributed by atoms with Crippen molar-refractivity contribution in [2.24, 2.45) is 0 Å². The second-order valence-corrected chi connectivity index (χ2v) is 14.2. The molecule has 1 aliphatic rings. The van der Waals surface area contributed by atoms with Crippen molar-refractivity contribution in [2.75, 3.05) is 14.2 Å². The lowest BCUT2D eigenvalue weighted by Gasteiger charge is -2.42. The van der Waals surface area contributed by atoms with Crippen LogP contribution in [0.15, 0.2) is 63.9 Å². The summed E-state index contributed by atoms with van der Waals surface area (Å²) in [7, 11) is 2.51. The fourth-order valence-corrected chi connectivity index (χ4v) is 6.70. The number of hydrogen-bond acceptors (Lipinski definition) is 16. The van der Waals surface area contributed by atoms with Gasteiger partial charge in [-0.2, -0.15) is 0 Å². The Morgan fingerprint density at radius 1 is 0.695 bits per heavy atom. The lowest BCUT2D eigenvalue weighted by atomic mass is 9.93. The van der Waals surface area contributed by atoms with Crippen molar-refractivity contribution < 1.29 is 71.4 Å². The fraction of sp³-hybridized carbons (Fsp3) is 0.395. The van der Waals surface area contributed by atoms with Crippen LogP contribution in [0.2, 0.25) is 0 Å². The van der Waals surface area contributed by atoms with Crippen LogP contribution in [0.5, 0.6) is 23.0 Å². The second kappa shape index (κ2) is 19.0. The van der Waals surface area contributed by atoms with E-state index >= 15 is 0 Å². The molecule has 1 saturated heterocycles. The maximum absolute atomic E-state index is 14.3. The zero-order valence-electron chi connectivity index (χ0n) is 34.4. The first-order valence-corrected chi connectivity index (χ1v) is 18.3. The number of allylic oxidation sites excluding steroid dienone is 3. The molecular weight excluding hydrogens is 772 g/mol. The molecule has 0 aliphatic carbocycles. The molecule has 4 rings (SSSR count). The molecule has 16 heteroatoms. The van der Waals surface area contributed by atoms with E-state index in [1.807, 2.05) is 0 Å². The van der Waals surface area contributed by atoms with E-state index in [0.717, 1.165) is 26.8 Å². The first-order chi connectivity index (χ1) is 27.7. The monoisotopic (exact) mass is 820 g/mol. The van der Waals surface area contributed by atoms with Gasteiger partial charge in [-0.15, -0.1) is 0 Å². The van der Waals surface area contributed by atoms with Gasteiger partial charge in [-0.1, -0.05) is 36.5 Å². The zero-order chi connectivity index (χ0) is 44.0. The number of phenolic OH excluding ortho intramolecular Hbond substituents is 1. The van der Waals surface area contributed by atoms with Gasteiger partial charge in [-0.05, 0) is 39.3 Å². The number of fused-ring (bicyclic) bond motifs is 1. The van der Waals surface area contributed by atoms with E-state index < -0.39 is 71.7 Å². The highest BCUT2D eigenvalue weighted by molar-refractivity contribution is 5.93. The third-order valence-corrected chi connectivity index (χ3v) is 8.75. The van der Waals surface area contributed by atoms with E-state index in [0.29, 0.717) is 16.7 Å². The van der Waals surface area contributed by atoms with Crippen LogP contribution in [-0.2, 0) is 66.9 Å². The van der Waals surface area contributed by atoms with E-state index in [-0.39, 0.29) is 75.5 Å². The summed E-state index contributed by atoms with van der Waals surface area (Å²) < 4.78 is 51.2. The Labute approximate surface area is 340 Å². The largest absolute Gasteiger partial charge is 0.507 e. The molecule has 0 spiro atoms. The average Bonchev–Trinajstić information content (AvgIpc) is 3.11. The molecule has 1 aliphatic heterocycles. The quantitative estimate of drug-likeness (QED) is 0.0865. The number of ether oxygens (including phenoxy) is 8. The Morgan fingerprint density at radius 2 is 1.24 bits per heavy atom. The predicted molar refractivity (Wildman–Crippen MR) is 211 cm³/mol. The van der Waals surface area contributed by atoms with E-state index in [9.17, 15) is 33.9 Å². The van der Waals surface area contributed by atoms with Crippen molar-refractivity contribution in [3.05, 3.63) is 81.6 Å². The van der Waals surface area contributed by atoms with Gasteiger partial charge in [0.2, 0.25) is 0 Å². The number of phenols is 1. The molecule has 0 amide bonds. The molecule has 5 atom stereocenters. The van der Waals surface area contributed by atoms with Gasteiger partial charge in [-0.25, -0.2) is 4.79 Å². The molecule has 0 unspecified atom stereocenters. The number of hydrogen-bond donors (Lipinski definition) is 1. The highest BCUT2D eigenvalue weighted by atomic mass is 16.7. The van der Waals surface area contributed by atoms with E-state index in [2.05, 4.69) is 19.7 Å². The average molecular weight is 821 g/mol. The minimum absolute atomic E-state index is 0.00696. The summed E-state index contributed by atoms with van der Waals surface area (Å²) in [6, 6.07) is 4.15. The Balaban J connectivity index is 2.00. The van der Waals surface area contributed by atoms with Crippen LogP contribution in [-0.4, -0.2) is 79.9 Å². The predicted octanol–water partition coefficient (Wildman–Crippen LogP) is 5.53. The third-order valence-electron chi connectivity index (χ3n) is 8.75. The Bertz CT molecular complexity index is 2280. The van der Waals surface area contributed by atoms with Gasteiger partial charge in [0, 0.05) is 76.0 Å². The van der Waals surface area contributed by atoms with Crippen molar-refractivity contribution >= 4 is 40.8 Å². The number of aromatic hydroxyl groups is 1. The summed E-state index contributed by atoms with van der Waals surface area (Å²) >= 11 is 0. The summed E-state index contributed by atoms with van der Waals surface area (Å²) in [5.74, 6) is -5.12. The molecule has 1 N–H and O–H groups in total. The maximum Gasteiger partial charge on any atom is 0.344 e. The molecule has 1 aromatic heterocycles. The smallest absolute Gasteiger partial charge is 0.344 e. The summed E-state index contributed by atoms with van der Waals surface area (Å²) in [6.07, 6.45) is -7.97. The number of rotatable bonds is 15.